The van der Waals surface area contributed by atoms with Crippen LogP contribution in [0.1, 0.15) is 97.8 Å². The molecule has 0 aliphatic heterocycles. The molecule has 0 bridgehead atoms. The summed E-state index contributed by atoms with van der Waals surface area (Å²) in [7, 11) is 0. The maximum Gasteiger partial charge on any atom is 0.314 e. The van der Waals surface area contributed by atoms with E-state index in [1.807, 2.05) is 6.92 Å². The van der Waals surface area contributed by atoms with Gasteiger partial charge in [0, 0.05) is 6.42 Å². The lowest BCUT2D eigenvalue weighted by Crippen LogP contribution is -2.18. The van der Waals surface area contributed by atoms with E-state index in [0.717, 1.165) is 38.5 Å². The molecule has 0 spiro atoms. The Balaban J connectivity index is 2.45. The minimum atomic E-state index is -0.274. The van der Waals surface area contributed by atoms with E-state index in [1.54, 1.807) is 24.3 Å². The van der Waals surface area contributed by atoms with Crippen molar-refractivity contribution in [2.24, 2.45) is 5.92 Å². The second kappa shape index (κ2) is 15.1. The van der Waals surface area contributed by atoms with Crippen molar-refractivity contribution in [1.29, 1.82) is 0 Å². The summed E-state index contributed by atoms with van der Waals surface area (Å²) in [6.45, 7) is 6.25. The highest BCUT2D eigenvalue weighted by atomic mass is 16.6. The van der Waals surface area contributed by atoms with E-state index >= 15 is 0 Å². The summed E-state index contributed by atoms with van der Waals surface area (Å²) < 4.78 is 11.0. The molecule has 4 heteroatoms. The summed E-state index contributed by atoms with van der Waals surface area (Å²) in [4.78, 5) is 24.5. The van der Waals surface area contributed by atoms with Crippen molar-refractivity contribution in [3.05, 3.63) is 24.3 Å². The molecular weight excluding hydrogens is 352 g/mol. The van der Waals surface area contributed by atoms with E-state index in [1.165, 1.54) is 32.1 Å². The fraction of sp³-hybridized carbons (Fsp3) is 0.667. The topological polar surface area (TPSA) is 52.6 Å². The molecule has 0 N–H and O–H groups in total. The molecule has 0 heterocycles. The summed E-state index contributed by atoms with van der Waals surface area (Å²) >= 11 is 0. The van der Waals surface area contributed by atoms with E-state index in [-0.39, 0.29) is 17.9 Å². The number of carbonyl (C=O) groups excluding carboxylic acids is 2. The van der Waals surface area contributed by atoms with Crippen molar-refractivity contribution in [3.8, 4) is 11.5 Å². The molecule has 0 fully saturated rings. The average molecular weight is 391 g/mol. The van der Waals surface area contributed by atoms with Gasteiger partial charge >= 0.3 is 11.9 Å². The summed E-state index contributed by atoms with van der Waals surface area (Å²) in [5.74, 6) is -0.0549. The van der Waals surface area contributed by atoms with E-state index in [0.29, 0.717) is 17.9 Å². The van der Waals surface area contributed by atoms with Gasteiger partial charge in [-0.2, -0.15) is 0 Å². The highest BCUT2D eigenvalue weighted by molar-refractivity contribution is 5.77. The predicted octanol–water partition coefficient (Wildman–Crippen LogP) is 6.85. The van der Waals surface area contributed by atoms with Crippen molar-refractivity contribution < 1.29 is 19.1 Å². The number of unbranched alkanes of at least 4 members (excludes halogenated alkanes) is 8. The maximum atomic E-state index is 12.4. The quantitative estimate of drug-likeness (QED) is 0.187. The van der Waals surface area contributed by atoms with Crippen LogP contribution >= 0.6 is 0 Å². The van der Waals surface area contributed by atoms with Crippen LogP contribution < -0.4 is 9.47 Å². The molecule has 1 aromatic carbocycles. The molecule has 0 saturated heterocycles. The normalized spacial score (nSPS) is 11.8. The van der Waals surface area contributed by atoms with Crippen LogP contribution in [0.3, 0.4) is 0 Å². The molecule has 1 atom stereocenters. The smallest absolute Gasteiger partial charge is 0.314 e. The van der Waals surface area contributed by atoms with E-state index in [4.69, 9.17) is 9.47 Å². The molecule has 0 saturated carbocycles. The highest BCUT2D eigenvalue weighted by Crippen LogP contribution is 2.28. The number of hydrogen-bond donors (Lipinski definition) is 0. The average Bonchev–Trinajstić information content (AvgIpc) is 2.69. The SMILES string of the molecule is CCCCCCCC(=O)Oc1ccccc1OC(=O)C(C)CCCCCCC. The van der Waals surface area contributed by atoms with E-state index in [9.17, 15) is 9.59 Å². The van der Waals surface area contributed by atoms with Crippen LogP contribution in [-0.4, -0.2) is 11.9 Å². The van der Waals surface area contributed by atoms with Gasteiger partial charge in [0.05, 0.1) is 5.92 Å². The van der Waals surface area contributed by atoms with Gasteiger partial charge in [0.15, 0.2) is 11.5 Å². The van der Waals surface area contributed by atoms with Gasteiger partial charge in [-0.05, 0) is 25.0 Å². The largest absolute Gasteiger partial charge is 0.423 e. The van der Waals surface area contributed by atoms with Crippen molar-refractivity contribution in [3.63, 3.8) is 0 Å². The minimum Gasteiger partial charge on any atom is -0.423 e. The van der Waals surface area contributed by atoms with Crippen molar-refractivity contribution in [2.45, 2.75) is 97.8 Å². The molecule has 4 nitrogen and oxygen atoms in total. The van der Waals surface area contributed by atoms with Gasteiger partial charge in [-0.15, -0.1) is 0 Å². The predicted molar refractivity (Wildman–Crippen MR) is 114 cm³/mol. The first kappa shape index (κ1) is 24.2. The Labute approximate surface area is 171 Å². The van der Waals surface area contributed by atoms with Gasteiger partial charge in [0.25, 0.3) is 0 Å². The van der Waals surface area contributed by atoms with Crippen molar-refractivity contribution in [2.75, 3.05) is 0 Å². The molecule has 1 aromatic rings. The Morgan fingerprint density at radius 3 is 1.93 bits per heavy atom. The Morgan fingerprint density at radius 2 is 1.32 bits per heavy atom. The zero-order valence-corrected chi connectivity index (χ0v) is 18.0. The summed E-state index contributed by atoms with van der Waals surface area (Å²) in [6, 6.07) is 6.90. The maximum absolute atomic E-state index is 12.4. The lowest BCUT2D eigenvalue weighted by Gasteiger charge is -2.14. The Bertz CT molecular complexity index is 567. The van der Waals surface area contributed by atoms with E-state index in [2.05, 4.69) is 13.8 Å². The lowest BCUT2D eigenvalue weighted by atomic mass is 10.0. The second-order valence-corrected chi connectivity index (χ2v) is 7.61. The molecular formula is C24H38O4. The fourth-order valence-corrected chi connectivity index (χ4v) is 3.05. The first-order valence-corrected chi connectivity index (χ1v) is 11.1. The number of rotatable bonds is 15. The van der Waals surface area contributed by atoms with Crippen LogP contribution in [0.25, 0.3) is 0 Å². The number of hydrogen-bond acceptors (Lipinski definition) is 4. The van der Waals surface area contributed by atoms with Gasteiger partial charge in [-0.25, -0.2) is 0 Å². The summed E-state index contributed by atoms with van der Waals surface area (Å²) in [5.41, 5.74) is 0. The summed E-state index contributed by atoms with van der Waals surface area (Å²) in [6.07, 6.45) is 12.5. The van der Waals surface area contributed by atoms with Crippen LogP contribution in [0, 0.1) is 5.92 Å². The Morgan fingerprint density at radius 1 is 0.786 bits per heavy atom. The third-order valence-electron chi connectivity index (χ3n) is 4.91. The van der Waals surface area contributed by atoms with Gasteiger partial charge in [-0.1, -0.05) is 90.7 Å². The van der Waals surface area contributed by atoms with Gasteiger partial charge in [0.2, 0.25) is 0 Å². The second-order valence-electron chi connectivity index (χ2n) is 7.61. The molecule has 1 rings (SSSR count). The van der Waals surface area contributed by atoms with Gasteiger partial charge < -0.3 is 9.47 Å². The molecule has 28 heavy (non-hydrogen) atoms. The zero-order chi connectivity index (χ0) is 20.6. The number of benzene rings is 1. The number of esters is 2. The standard InChI is InChI=1S/C24H38O4/c1-4-6-8-10-12-16-20(3)24(26)28-22-18-15-14-17-21(22)27-23(25)19-13-11-9-7-5-2/h14-15,17-18,20H,4-13,16,19H2,1-3H3. The lowest BCUT2D eigenvalue weighted by molar-refractivity contribution is -0.140. The number of ether oxygens (including phenoxy) is 2. The molecule has 0 aromatic heterocycles. The van der Waals surface area contributed by atoms with Gasteiger partial charge in [-0.3, -0.25) is 9.59 Å². The first-order valence-electron chi connectivity index (χ1n) is 11.1. The third kappa shape index (κ3) is 10.5. The van der Waals surface area contributed by atoms with Crippen molar-refractivity contribution in [1.82, 2.24) is 0 Å². The Hall–Kier alpha value is -1.84. The molecule has 0 aliphatic carbocycles. The monoisotopic (exact) mass is 390 g/mol. The number of para-hydroxylation sites is 2. The zero-order valence-electron chi connectivity index (χ0n) is 18.0. The fourth-order valence-electron chi connectivity index (χ4n) is 3.05. The molecule has 0 aliphatic rings. The number of carbonyl (C=O) groups is 2. The van der Waals surface area contributed by atoms with Crippen LogP contribution in [0.15, 0.2) is 24.3 Å². The van der Waals surface area contributed by atoms with E-state index < -0.39 is 0 Å². The molecule has 1 unspecified atom stereocenters. The minimum absolute atomic E-state index is 0.163. The van der Waals surface area contributed by atoms with Crippen LogP contribution in [0.4, 0.5) is 0 Å². The third-order valence-corrected chi connectivity index (χ3v) is 4.91. The Kier molecular flexibility index (Phi) is 13.1. The first-order chi connectivity index (χ1) is 13.6. The molecule has 0 amide bonds. The van der Waals surface area contributed by atoms with Gasteiger partial charge in [0.1, 0.15) is 0 Å². The van der Waals surface area contributed by atoms with Crippen LogP contribution in [0.2, 0.25) is 0 Å². The van der Waals surface area contributed by atoms with Crippen LogP contribution in [-0.2, 0) is 9.59 Å². The molecule has 158 valence electrons. The molecule has 0 radical (unpaired) electrons. The van der Waals surface area contributed by atoms with Crippen molar-refractivity contribution >= 4 is 11.9 Å². The summed E-state index contributed by atoms with van der Waals surface area (Å²) in [5, 5.41) is 0. The highest BCUT2D eigenvalue weighted by Gasteiger charge is 2.18. The van der Waals surface area contributed by atoms with Crippen LogP contribution in [0.5, 0.6) is 11.5 Å².